The first kappa shape index (κ1) is 21.6. The summed E-state index contributed by atoms with van der Waals surface area (Å²) in [6.45, 7) is 2.38. The number of nitrogens with zero attached hydrogens (tertiary/aromatic N) is 3. The third-order valence-electron chi connectivity index (χ3n) is 5.19. The van der Waals surface area contributed by atoms with Gasteiger partial charge in [-0.3, -0.25) is 4.79 Å². The summed E-state index contributed by atoms with van der Waals surface area (Å²) in [5, 5.41) is 8.40. The van der Waals surface area contributed by atoms with E-state index < -0.39 is 9.84 Å². The Kier molecular flexibility index (Phi) is 6.43. The standard InChI is InChI=1S/C22H23N3O4S2/c1-16-7-9-18(10-8-16)21-23-24-22(29-21)30-14-20(26)25(13-17-5-3-2-4-6-17)19-11-12-31(27,28)15-19/h2-10,19H,11-15H2,1H3/t19-/m0/s1. The molecule has 0 saturated carbocycles. The number of hydrogen-bond donors (Lipinski definition) is 0. The minimum Gasteiger partial charge on any atom is -0.411 e. The molecule has 7 nitrogen and oxygen atoms in total. The summed E-state index contributed by atoms with van der Waals surface area (Å²) in [4.78, 5) is 14.7. The lowest BCUT2D eigenvalue weighted by molar-refractivity contribution is -0.130. The molecule has 1 amide bonds. The van der Waals surface area contributed by atoms with Crippen molar-refractivity contribution in [2.75, 3.05) is 17.3 Å². The van der Waals surface area contributed by atoms with E-state index in [0.717, 1.165) is 28.5 Å². The molecule has 1 aliphatic heterocycles. The van der Waals surface area contributed by atoms with E-state index >= 15 is 0 Å². The number of carbonyl (C=O) groups excluding carboxylic acids is 1. The van der Waals surface area contributed by atoms with Gasteiger partial charge in [0, 0.05) is 18.2 Å². The summed E-state index contributed by atoms with van der Waals surface area (Å²) in [6, 6.07) is 17.0. The van der Waals surface area contributed by atoms with E-state index in [2.05, 4.69) is 10.2 Å². The molecule has 1 saturated heterocycles. The lowest BCUT2D eigenvalue weighted by atomic mass is 10.1. The van der Waals surface area contributed by atoms with E-state index in [-0.39, 0.29) is 29.2 Å². The van der Waals surface area contributed by atoms with Crippen molar-refractivity contribution in [1.29, 1.82) is 0 Å². The molecule has 1 fully saturated rings. The molecule has 0 N–H and O–H groups in total. The predicted octanol–water partition coefficient (Wildman–Crippen LogP) is 3.35. The molecule has 9 heteroatoms. The molecular weight excluding hydrogens is 434 g/mol. The fraction of sp³-hybridized carbons (Fsp3) is 0.318. The largest absolute Gasteiger partial charge is 0.411 e. The molecule has 1 aliphatic rings. The molecule has 0 spiro atoms. The summed E-state index contributed by atoms with van der Waals surface area (Å²) in [7, 11) is -3.11. The fourth-order valence-electron chi connectivity index (χ4n) is 3.51. The van der Waals surface area contributed by atoms with Gasteiger partial charge in [-0.05, 0) is 31.0 Å². The van der Waals surface area contributed by atoms with Crippen molar-refractivity contribution < 1.29 is 17.6 Å². The van der Waals surface area contributed by atoms with Crippen LogP contribution in [-0.2, 0) is 21.2 Å². The van der Waals surface area contributed by atoms with E-state index in [9.17, 15) is 13.2 Å². The van der Waals surface area contributed by atoms with Gasteiger partial charge in [-0.1, -0.05) is 59.8 Å². The van der Waals surface area contributed by atoms with Crippen LogP contribution in [0.4, 0.5) is 0 Å². The van der Waals surface area contributed by atoms with Gasteiger partial charge in [0.15, 0.2) is 9.84 Å². The van der Waals surface area contributed by atoms with Gasteiger partial charge >= 0.3 is 0 Å². The number of hydrogen-bond acceptors (Lipinski definition) is 7. The van der Waals surface area contributed by atoms with Crippen LogP contribution in [0.1, 0.15) is 17.5 Å². The average molecular weight is 458 g/mol. The van der Waals surface area contributed by atoms with Crippen LogP contribution < -0.4 is 0 Å². The van der Waals surface area contributed by atoms with Crippen LogP contribution in [0.25, 0.3) is 11.5 Å². The Balaban J connectivity index is 1.44. The van der Waals surface area contributed by atoms with Gasteiger partial charge in [-0.2, -0.15) is 0 Å². The Morgan fingerprint density at radius 3 is 2.55 bits per heavy atom. The van der Waals surface area contributed by atoms with Crippen molar-refractivity contribution in [3.8, 4) is 11.5 Å². The number of benzene rings is 2. The third kappa shape index (κ3) is 5.54. The number of carbonyl (C=O) groups is 1. The quantitative estimate of drug-likeness (QED) is 0.502. The maximum absolute atomic E-state index is 13.1. The lowest BCUT2D eigenvalue weighted by Crippen LogP contribution is -2.41. The molecule has 162 valence electrons. The molecule has 0 bridgehead atoms. The van der Waals surface area contributed by atoms with Crippen LogP contribution in [0.15, 0.2) is 64.2 Å². The Bertz CT molecular complexity index is 1150. The fourth-order valence-corrected chi connectivity index (χ4v) is 5.89. The number of amides is 1. The van der Waals surface area contributed by atoms with Crippen molar-refractivity contribution in [3.05, 3.63) is 65.7 Å². The molecule has 2 aromatic carbocycles. The summed E-state index contributed by atoms with van der Waals surface area (Å²) in [5.41, 5.74) is 2.92. The van der Waals surface area contributed by atoms with E-state index in [4.69, 9.17) is 4.42 Å². The number of rotatable bonds is 7. The van der Waals surface area contributed by atoms with E-state index in [0.29, 0.717) is 24.1 Å². The highest BCUT2D eigenvalue weighted by Gasteiger charge is 2.34. The Hall–Kier alpha value is -2.65. The van der Waals surface area contributed by atoms with Gasteiger partial charge in [0.25, 0.3) is 5.22 Å². The molecule has 31 heavy (non-hydrogen) atoms. The van der Waals surface area contributed by atoms with E-state index in [1.54, 1.807) is 4.90 Å². The molecule has 3 aromatic rings. The molecule has 0 radical (unpaired) electrons. The van der Waals surface area contributed by atoms with Crippen LogP contribution in [0.2, 0.25) is 0 Å². The normalized spacial score (nSPS) is 17.5. The first-order valence-electron chi connectivity index (χ1n) is 9.97. The monoisotopic (exact) mass is 457 g/mol. The van der Waals surface area contributed by atoms with Crippen molar-refractivity contribution in [2.24, 2.45) is 0 Å². The van der Waals surface area contributed by atoms with Crippen LogP contribution in [0.3, 0.4) is 0 Å². The predicted molar refractivity (Wildman–Crippen MR) is 119 cm³/mol. The van der Waals surface area contributed by atoms with E-state index in [1.807, 2.05) is 61.5 Å². The molecule has 1 aromatic heterocycles. The van der Waals surface area contributed by atoms with Gasteiger partial charge in [-0.25, -0.2) is 8.42 Å². The summed E-state index contributed by atoms with van der Waals surface area (Å²) < 4.78 is 29.7. The maximum Gasteiger partial charge on any atom is 0.277 e. The van der Waals surface area contributed by atoms with Gasteiger partial charge < -0.3 is 9.32 Å². The van der Waals surface area contributed by atoms with Gasteiger partial charge in [0.05, 0.1) is 17.3 Å². The van der Waals surface area contributed by atoms with Crippen LogP contribution in [0.5, 0.6) is 0 Å². The molecule has 0 aliphatic carbocycles. The average Bonchev–Trinajstić information content (AvgIpc) is 3.38. The number of aromatic nitrogens is 2. The first-order chi connectivity index (χ1) is 14.9. The van der Waals surface area contributed by atoms with Crippen molar-refractivity contribution in [3.63, 3.8) is 0 Å². The highest BCUT2D eigenvalue weighted by molar-refractivity contribution is 7.99. The first-order valence-corrected chi connectivity index (χ1v) is 12.8. The van der Waals surface area contributed by atoms with Gasteiger partial charge in [0.2, 0.25) is 11.8 Å². The van der Waals surface area contributed by atoms with Crippen molar-refractivity contribution >= 4 is 27.5 Å². The van der Waals surface area contributed by atoms with Crippen LogP contribution >= 0.6 is 11.8 Å². The lowest BCUT2D eigenvalue weighted by Gasteiger charge is -2.28. The second kappa shape index (κ2) is 9.23. The van der Waals surface area contributed by atoms with Crippen LogP contribution in [0, 0.1) is 6.92 Å². The summed E-state index contributed by atoms with van der Waals surface area (Å²) >= 11 is 1.16. The third-order valence-corrected chi connectivity index (χ3v) is 7.74. The SMILES string of the molecule is Cc1ccc(-c2nnc(SCC(=O)N(Cc3ccccc3)[C@H]3CCS(=O)(=O)C3)o2)cc1. The van der Waals surface area contributed by atoms with Gasteiger partial charge in [-0.15, -0.1) is 10.2 Å². The van der Waals surface area contributed by atoms with E-state index in [1.165, 1.54) is 0 Å². The number of aryl methyl sites for hydroxylation is 1. The zero-order valence-corrected chi connectivity index (χ0v) is 18.7. The molecule has 1 atom stereocenters. The second-order valence-electron chi connectivity index (χ2n) is 7.59. The van der Waals surface area contributed by atoms with Crippen molar-refractivity contribution in [2.45, 2.75) is 31.2 Å². The Labute approximate surface area is 185 Å². The Morgan fingerprint density at radius 1 is 1.13 bits per heavy atom. The molecular formula is C22H23N3O4S2. The maximum atomic E-state index is 13.1. The van der Waals surface area contributed by atoms with Gasteiger partial charge in [0.1, 0.15) is 0 Å². The number of thioether (sulfide) groups is 1. The molecule has 4 rings (SSSR count). The minimum absolute atomic E-state index is 0.00830. The zero-order chi connectivity index (χ0) is 21.8. The minimum atomic E-state index is -3.11. The summed E-state index contributed by atoms with van der Waals surface area (Å²) in [5.74, 6) is 0.476. The Morgan fingerprint density at radius 2 is 1.87 bits per heavy atom. The zero-order valence-electron chi connectivity index (χ0n) is 17.1. The molecule has 2 heterocycles. The topological polar surface area (TPSA) is 93.4 Å². The highest BCUT2D eigenvalue weighted by atomic mass is 32.2. The smallest absolute Gasteiger partial charge is 0.277 e. The van der Waals surface area contributed by atoms with Crippen LogP contribution in [-0.4, -0.2) is 52.7 Å². The number of sulfone groups is 1. The summed E-state index contributed by atoms with van der Waals surface area (Å²) in [6.07, 6.45) is 0.462. The molecule has 0 unspecified atom stereocenters. The van der Waals surface area contributed by atoms with Crippen molar-refractivity contribution in [1.82, 2.24) is 15.1 Å². The second-order valence-corrected chi connectivity index (χ2v) is 10.7. The highest BCUT2D eigenvalue weighted by Crippen LogP contribution is 2.26.